The maximum absolute atomic E-state index is 11.8. The lowest BCUT2D eigenvalue weighted by Crippen LogP contribution is -2.35. The molecule has 82 valence electrons. The molecular weight excluding hydrogens is 206 g/mol. The van der Waals surface area contributed by atoms with Gasteiger partial charge in [-0.25, -0.2) is 9.78 Å². The van der Waals surface area contributed by atoms with Crippen molar-refractivity contribution in [3.63, 3.8) is 0 Å². The average Bonchev–Trinajstić information content (AvgIpc) is 2.21. The van der Waals surface area contributed by atoms with Crippen molar-refractivity contribution in [2.45, 2.75) is 25.3 Å². The van der Waals surface area contributed by atoms with E-state index in [0.29, 0.717) is 11.0 Å². The van der Waals surface area contributed by atoms with Gasteiger partial charge in [-0.05, 0) is 31.4 Å². The van der Waals surface area contributed by atoms with Gasteiger partial charge >= 0.3 is 5.69 Å². The number of pyridine rings is 1. The van der Waals surface area contributed by atoms with E-state index in [1.807, 2.05) is 0 Å². The summed E-state index contributed by atoms with van der Waals surface area (Å²) in [6.07, 6.45) is 4.70. The van der Waals surface area contributed by atoms with Crippen LogP contribution < -0.4 is 11.2 Å². The Labute approximate surface area is 90.8 Å². The topological polar surface area (TPSA) is 67.8 Å². The van der Waals surface area contributed by atoms with E-state index in [1.165, 1.54) is 0 Å². The van der Waals surface area contributed by atoms with Gasteiger partial charge in [0.2, 0.25) is 0 Å². The van der Waals surface area contributed by atoms with E-state index in [4.69, 9.17) is 0 Å². The van der Waals surface area contributed by atoms with Gasteiger partial charge in [0.15, 0.2) is 0 Å². The summed E-state index contributed by atoms with van der Waals surface area (Å²) in [7, 11) is 0. The fourth-order valence-electron chi connectivity index (χ4n) is 2.07. The van der Waals surface area contributed by atoms with Crippen LogP contribution >= 0.6 is 0 Å². The molecule has 3 rings (SSSR count). The molecule has 2 heterocycles. The lowest BCUT2D eigenvalue weighted by atomic mass is 9.93. The van der Waals surface area contributed by atoms with Crippen LogP contribution in [-0.2, 0) is 0 Å². The van der Waals surface area contributed by atoms with Gasteiger partial charge in [0, 0.05) is 12.2 Å². The number of hydrogen-bond donors (Lipinski definition) is 1. The zero-order valence-corrected chi connectivity index (χ0v) is 8.64. The van der Waals surface area contributed by atoms with E-state index in [2.05, 4.69) is 9.97 Å². The van der Waals surface area contributed by atoms with Crippen molar-refractivity contribution in [1.82, 2.24) is 14.5 Å². The Kier molecular flexibility index (Phi) is 1.92. The number of fused-ring (bicyclic) bond motifs is 1. The maximum atomic E-state index is 11.8. The highest BCUT2D eigenvalue weighted by Crippen LogP contribution is 2.31. The second kappa shape index (κ2) is 3.30. The van der Waals surface area contributed by atoms with Gasteiger partial charge in [-0.15, -0.1) is 0 Å². The third kappa shape index (κ3) is 1.21. The van der Waals surface area contributed by atoms with E-state index in [9.17, 15) is 9.59 Å². The average molecular weight is 217 g/mol. The van der Waals surface area contributed by atoms with Crippen LogP contribution in [0.5, 0.6) is 0 Å². The lowest BCUT2D eigenvalue weighted by molar-refractivity contribution is 0.309. The molecule has 5 heteroatoms. The summed E-state index contributed by atoms with van der Waals surface area (Å²) in [5.74, 6) is 0. The van der Waals surface area contributed by atoms with E-state index < -0.39 is 0 Å². The van der Waals surface area contributed by atoms with Crippen molar-refractivity contribution in [1.29, 1.82) is 0 Å². The van der Waals surface area contributed by atoms with Crippen molar-refractivity contribution >= 4 is 11.0 Å². The second-order valence-corrected chi connectivity index (χ2v) is 4.09. The van der Waals surface area contributed by atoms with E-state index in [0.717, 1.165) is 19.3 Å². The van der Waals surface area contributed by atoms with Gasteiger partial charge in [0.1, 0.15) is 5.65 Å². The molecule has 0 aromatic carbocycles. The van der Waals surface area contributed by atoms with Crippen LogP contribution in [0.25, 0.3) is 11.0 Å². The van der Waals surface area contributed by atoms with E-state index in [-0.39, 0.29) is 17.3 Å². The Morgan fingerprint density at radius 3 is 2.88 bits per heavy atom. The first-order valence-corrected chi connectivity index (χ1v) is 5.37. The fraction of sp³-hybridized carbons (Fsp3) is 0.364. The molecule has 0 aliphatic heterocycles. The molecular formula is C11H11N3O2. The Morgan fingerprint density at radius 2 is 2.19 bits per heavy atom. The molecule has 2 aromatic heterocycles. The van der Waals surface area contributed by atoms with E-state index in [1.54, 1.807) is 22.9 Å². The molecule has 0 amide bonds. The lowest BCUT2D eigenvalue weighted by Gasteiger charge is -2.27. The normalized spacial score (nSPS) is 16.2. The molecule has 1 fully saturated rings. The Morgan fingerprint density at radius 1 is 1.38 bits per heavy atom. The molecule has 0 unspecified atom stereocenters. The fourth-order valence-corrected chi connectivity index (χ4v) is 2.07. The van der Waals surface area contributed by atoms with Crippen molar-refractivity contribution in [2.75, 3.05) is 0 Å². The summed E-state index contributed by atoms with van der Waals surface area (Å²) in [6, 6.07) is 3.59. The highest BCUT2D eigenvalue weighted by atomic mass is 16.2. The van der Waals surface area contributed by atoms with Crippen LogP contribution in [0, 0.1) is 0 Å². The largest absolute Gasteiger partial charge is 0.330 e. The van der Waals surface area contributed by atoms with Crippen LogP contribution in [0.15, 0.2) is 27.9 Å². The summed E-state index contributed by atoms with van der Waals surface area (Å²) >= 11 is 0. The SMILES string of the molecule is O=c1[nH]c(=O)n(C2CCC2)c2ncccc12. The number of nitrogens with one attached hydrogen (secondary N) is 1. The summed E-state index contributed by atoms with van der Waals surface area (Å²) < 4.78 is 1.61. The van der Waals surface area contributed by atoms with Crippen molar-refractivity contribution in [3.05, 3.63) is 39.2 Å². The van der Waals surface area contributed by atoms with Crippen LogP contribution in [0.4, 0.5) is 0 Å². The molecule has 16 heavy (non-hydrogen) atoms. The molecule has 1 aliphatic rings. The zero-order chi connectivity index (χ0) is 11.1. The molecule has 1 saturated carbocycles. The number of H-pyrrole nitrogens is 1. The third-order valence-corrected chi connectivity index (χ3v) is 3.14. The van der Waals surface area contributed by atoms with Crippen molar-refractivity contribution in [3.8, 4) is 0 Å². The third-order valence-electron chi connectivity index (χ3n) is 3.14. The minimum atomic E-state index is -0.358. The smallest absolute Gasteiger partial charge is 0.274 e. The van der Waals surface area contributed by atoms with Gasteiger partial charge in [-0.3, -0.25) is 14.3 Å². The minimum absolute atomic E-state index is 0.196. The molecule has 0 atom stereocenters. The van der Waals surface area contributed by atoms with Crippen LogP contribution in [0.1, 0.15) is 25.3 Å². The molecule has 0 spiro atoms. The zero-order valence-electron chi connectivity index (χ0n) is 8.64. The minimum Gasteiger partial charge on any atom is -0.274 e. The predicted molar refractivity (Wildman–Crippen MR) is 59.5 cm³/mol. The first-order chi connectivity index (χ1) is 7.77. The Hall–Kier alpha value is -1.91. The maximum Gasteiger partial charge on any atom is 0.330 e. The van der Waals surface area contributed by atoms with Gasteiger partial charge in [0.25, 0.3) is 5.56 Å². The van der Waals surface area contributed by atoms with Crippen LogP contribution in [-0.4, -0.2) is 14.5 Å². The highest BCUT2D eigenvalue weighted by Gasteiger charge is 2.23. The van der Waals surface area contributed by atoms with Crippen molar-refractivity contribution in [2.24, 2.45) is 0 Å². The quantitative estimate of drug-likeness (QED) is 0.768. The summed E-state index contributed by atoms with van der Waals surface area (Å²) in [5, 5.41) is 0.481. The van der Waals surface area contributed by atoms with Gasteiger partial charge < -0.3 is 0 Å². The molecule has 0 bridgehead atoms. The molecule has 1 N–H and O–H groups in total. The predicted octanol–water partition coefficient (Wildman–Crippen LogP) is 0.810. The number of aromatic amines is 1. The number of rotatable bonds is 1. The molecule has 5 nitrogen and oxygen atoms in total. The van der Waals surface area contributed by atoms with E-state index >= 15 is 0 Å². The molecule has 2 aromatic rings. The van der Waals surface area contributed by atoms with Gasteiger partial charge in [-0.1, -0.05) is 0 Å². The standard InChI is InChI=1S/C11H11N3O2/c15-10-8-5-2-6-12-9(8)14(11(16)13-10)7-3-1-4-7/h2,5-7H,1,3-4H2,(H,13,15,16). The Balaban J connectivity index is 2.41. The number of aromatic nitrogens is 3. The summed E-state index contributed by atoms with van der Waals surface area (Å²) in [4.78, 5) is 29.8. The van der Waals surface area contributed by atoms with Gasteiger partial charge in [-0.2, -0.15) is 0 Å². The Bertz CT molecular complexity index is 652. The monoisotopic (exact) mass is 217 g/mol. The first kappa shape index (κ1) is 9.33. The van der Waals surface area contributed by atoms with Crippen LogP contribution in [0.2, 0.25) is 0 Å². The molecule has 1 aliphatic carbocycles. The second-order valence-electron chi connectivity index (χ2n) is 4.09. The molecule has 0 saturated heterocycles. The number of hydrogen-bond acceptors (Lipinski definition) is 3. The molecule has 0 radical (unpaired) electrons. The number of nitrogens with zero attached hydrogens (tertiary/aromatic N) is 2. The van der Waals surface area contributed by atoms with Crippen molar-refractivity contribution < 1.29 is 0 Å². The van der Waals surface area contributed by atoms with Gasteiger partial charge in [0.05, 0.1) is 5.39 Å². The first-order valence-electron chi connectivity index (χ1n) is 5.37. The van der Waals surface area contributed by atoms with Crippen LogP contribution in [0.3, 0.4) is 0 Å². The summed E-state index contributed by atoms with van der Waals surface area (Å²) in [6.45, 7) is 0. The summed E-state index contributed by atoms with van der Waals surface area (Å²) in [5.41, 5.74) is -0.203. The highest BCUT2D eigenvalue weighted by molar-refractivity contribution is 5.73.